The molecule has 38 heavy (non-hydrogen) atoms. The molecule has 0 aliphatic carbocycles. The van der Waals surface area contributed by atoms with Crippen LogP contribution in [0.3, 0.4) is 0 Å². The monoisotopic (exact) mass is 507 g/mol. The summed E-state index contributed by atoms with van der Waals surface area (Å²) in [6.45, 7) is 2.46. The van der Waals surface area contributed by atoms with Gasteiger partial charge in [0.1, 0.15) is 24.7 Å². The lowest BCUT2D eigenvalue weighted by molar-refractivity contribution is 0.0601. The van der Waals surface area contributed by atoms with Gasteiger partial charge in [-0.25, -0.2) is 14.8 Å². The highest BCUT2D eigenvalue weighted by Crippen LogP contribution is 2.28. The fourth-order valence-electron chi connectivity index (χ4n) is 4.60. The van der Waals surface area contributed by atoms with Gasteiger partial charge in [0, 0.05) is 37.0 Å². The Hall–Kier alpha value is -4.65. The number of esters is 1. The molecule has 2 aromatic heterocycles. The zero-order chi connectivity index (χ0) is 26.6. The number of fused-ring (bicyclic) bond motifs is 1. The van der Waals surface area contributed by atoms with Crippen molar-refractivity contribution in [2.24, 2.45) is 5.92 Å². The number of piperidine rings is 1. The molecule has 0 bridgehead atoms. The number of anilines is 1. The molecule has 0 atom stereocenters. The molecule has 1 aliphatic heterocycles. The van der Waals surface area contributed by atoms with Gasteiger partial charge in [-0.3, -0.25) is 4.79 Å². The van der Waals surface area contributed by atoms with Gasteiger partial charge < -0.3 is 19.4 Å². The molecular weight excluding hydrogens is 481 g/mol. The van der Waals surface area contributed by atoms with E-state index in [1.165, 1.54) is 13.2 Å². The van der Waals surface area contributed by atoms with Crippen molar-refractivity contribution in [3.05, 3.63) is 71.4 Å². The predicted molar refractivity (Wildman–Crippen MR) is 145 cm³/mol. The Bertz CT molecular complexity index is 1520. The third-order valence-corrected chi connectivity index (χ3v) is 6.80. The van der Waals surface area contributed by atoms with E-state index in [0.717, 1.165) is 37.2 Å². The Morgan fingerprint density at radius 1 is 1.18 bits per heavy atom. The van der Waals surface area contributed by atoms with Gasteiger partial charge in [-0.2, -0.15) is 5.26 Å². The van der Waals surface area contributed by atoms with Gasteiger partial charge in [0.25, 0.3) is 5.91 Å². The molecule has 5 rings (SSSR count). The van der Waals surface area contributed by atoms with E-state index in [2.05, 4.69) is 32.3 Å². The average Bonchev–Trinajstić information content (AvgIpc) is 3.40. The van der Waals surface area contributed by atoms with E-state index in [1.54, 1.807) is 30.3 Å². The van der Waals surface area contributed by atoms with Crippen LogP contribution in [0.15, 0.2) is 59.1 Å². The number of oxazole rings is 1. The lowest BCUT2D eigenvalue weighted by atomic mass is 9.96. The number of ether oxygens (including phenoxy) is 1. The lowest BCUT2D eigenvalue weighted by Crippen LogP contribution is -2.39. The maximum atomic E-state index is 12.8. The van der Waals surface area contributed by atoms with Crippen LogP contribution in [-0.2, 0) is 4.74 Å². The van der Waals surface area contributed by atoms with Crippen LogP contribution < -0.4 is 15.7 Å². The molecule has 1 saturated heterocycles. The number of hydrogen-bond acceptors (Lipinski definition) is 8. The maximum absolute atomic E-state index is 12.8. The highest BCUT2D eigenvalue weighted by atomic mass is 16.5. The number of aromatic nitrogens is 2. The summed E-state index contributed by atoms with van der Waals surface area (Å²) < 4.78 is 10.7. The summed E-state index contributed by atoms with van der Waals surface area (Å²) in [4.78, 5) is 36.2. The minimum absolute atomic E-state index is 0.136. The number of carbonyl (C=O) groups excluding carboxylic acids is 2. The fourth-order valence-corrected chi connectivity index (χ4v) is 4.60. The second kappa shape index (κ2) is 10.8. The second-order valence-electron chi connectivity index (χ2n) is 9.41. The van der Waals surface area contributed by atoms with Gasteiger partial charge in [0.2, 0.25) is 5.89 Å². The van der Waals surface area contributed by atoms with Crippen molar-refractivity contribution in [3.8, 4) is 17.5 Å². The fraction of sp³-hybridized carbons (Fsp3) is 0.250. The third-order valence-electron chi connectivity index (χ3n) is 6.80. The zero-order valence-electron chi connectivity index (χ0n) is 21.2. The number of benzene rings is 2. The van der Waals surface area contributed by atoms with E-state index in [1.807, 2.05) is 20.1 Å². The van der Waals surface area contributed by atoms with E-state index < -0.39 is 5.97 Å². The van der Waals surface area contributed by atoms with E-state index in [0.29, 0.717) is 29.1 Å². The summed E-state index contributed by atoms with van der Waals surface area (Å²) in [6.07, 6.45) is 3.88. The largest absolute Gasteiger partial charge is 0.465 e. The van der Waals surface area contributed by atoms with Gasteiger partial charge in [-0.1, -0.05) is 11.5 Å². The molecular formula is C28H26BN5O4. The first-order valence-electron chi connectivity index (χ1n) is 12.4. The van der Waals surface area contributed by atoms with Crippen molar-refractivity contribution < 1.29 is 18.7 Å². The number of pyridine rings is 1. The molecule has 9 nitrogen and oxygen atoms in total. The van der Waals surface area contributed by atoms with Crippen LogP contribution in [-0.4, -0.2) is 56.4 Å². The van der Waals surface area contributed by atoms with E-state index in [9.17, 15) is 14.9 Å². The molecule has 1 N–H and O–H groups in total. The molecule has 0 radical (unpaired) electrons. The number of nitrogens with zero attached hydrogens (tertiary/aromatic N) is 4. The Balaban J connectivity index is 1.21. The number of methoxy groups -OCH3 is 1. The Kier molecular flexibility index (Phi) is 7.09. The predicted octanol–water partition coefficient (Wildman–Crippen LogP) is 2.45. The molecule has 1 aliphatic rings. The Labute approximate surface area is 220 Å². The van der Waals surface area contributed by atoms with Gasteiger partial charge >= 0.3 is 5.97 Å². The zero-order valence-corrected chi connectivity index (χ0v) is 21.2. The van der Waals surface area contributed by atoms with Gasteiger partial charge in [-0.15, -0.1) is 0 Å². The molecule has 190 valence electrons. The van der Waals surface area contributed by atoms with Crippen molar-refractivity contribution in [3.63, 3.8) is 0 Å². The standard InChI is InChI=1S/C28H26BN5O4/c1-37-28(36)22-12-18(14-30)13-23-25(22)38-27(33-23)20-4-2-19(3-5-20)26(35)32-15-17-8-10-34(11-9-17)24-7-6-21(29)16-31-24/h2-7,12-13,16-17H,8-11,15,29H2,1H3,(H,32,35). The smallest absolute Gasteiger partial charge is 0.341 e. The van der Waals surface area contributed by atoms with Crippen LogP contribution in [0.25, 0.3) is 22.6 Å². The molecule has 10 heteroatoms. The third kappa shape index (κ3) is 5.23. The van der Waals surface area contributed by atoms with Crippen LogP contribution in [0.1, 0.15) is 39.1 Å². The summed E-state index contributed by atoms with van der Waals surface area (Å²) >= 11 is 0. The SMILES string of the molecule is Bc1ccc(N2CCC(CNC(=O)c3ccc(-c4nc5cc(C#N)cc(C(=O)OC)c5o4)cc3)CC2)nc1. The van der Waals surface area contributed by atoms with Crippen LogP contribution in [0.5, 0.6) is 0 Å². The van der Waals surface area contributed by atoms with Gasteiger partial charge in [0.05, 0.1) is 18.7 Å². The highest BCUT2D eigenvalue weighted by molar-refractivity contribution is 6.32. The highest BCUT2D eigenvalue weighted by Gasteiger charge is 2.22. The quantitative estimate of drug-likeness (QED) is 0.312. The lowest BCUT2D eigenvalue weighted by Gasteiger charge is -2.32. The van der Waals surface area contributed by atoms with E-state index >= 15 is 0 Å². The number of amides is 1. The van der Waals surface area contributed by atoms with Crippen LogP contribution >= 0.6 is 0 Å². The summed E-state index contributed by atoms with van der Waals surface area (Å²) in [5.41, 5.74) is 3.37. The first kappa shape index (κ1) is 25.0. The molecule has 1 fully saturated rings. The summed E-state index contributed by atoms with van der Waals surface area (Å²) in [5.74, 6) is 0.954. The molecule has 4 aromatic rings. The molecule has 0 saturated carbocycles. The summed E-state index contributed by atoms with van der Waals surface area (Å²) in [7, 11) is 3.29. The minimum atomic E-state index is -0.612. The van der Waals surface area contributed by atoms with Crippen LogP contribution in [0, 0.1) is 17.2 Å². The van der Waals surface area contributed by atoms with Crippen molar-refractivity contribution in [2.45, 2.75) is 12.8 Å². The minimum Gasteiger partial charge on any atom is -0.465 e. The first-order chi connectivity index (χ1) is 18.4. The van der Waals surface area contributed by atoms with Crippen molar-refractivity contribution in [2.75, 3.05) is 31.6 Å². The maximum Gasteiger partial charge on any atom is 0.341 e. The van der Waals surface area contributed by atoms with Gasteiger partial charge in [0.15, 0.2) is 5.58 Å². The second-order valence-corrected chi connectivity index (χ2v) is 9.41. The first-order valence-corrected chi connectivity index (χ1v) is 12.4. The molecule has 0 unspecified atom stereocenters. The molecule has 2 aromatic carbocycles. The van der Waals surface area contributed by atoms with Crippen molar-refractivity contribution in [1.82, 2.24) is 15.3 Å². The van der Waals surface area contributed by atoms with E-state index in [-0.39, 0.29) is 28.5 Å². The average molecular weight is 507 g/mol. The van der Waals surface area contributed by atoms with E-state index in [4.69, 9.17) is 9.15 Å². The summed E-state index contributed by atoms with van der Waals surface area (Å²) in [5, 5.41) is 12.3. The number of carbonyl (C=O) groups is 2. The number of nitriles is 1. The number of nitrogens with one attached hydrogen (secondary N) is 1. The summed E-state index contributed by atoms with van der Waals surface area (Å²) in [6, 6.07) is 16.0. The number of rotatable bonds is 6. The molecule has 3 heterocycles. The topological polar surface area (TPSA) is 121 Å². The van der Waals surface area contributed by atoms with Crippen molar-refractivity contribution in [1.29, 1.82) is 5.26 Å². The molecule has 1 amide bonds. The normalized spacial score (nSPS) is 13.7. The van der Waals surface area contributed by atoms with Crippen LogP contribution in [0.4, 0.5) is 5.82 Å². The molecule has 0 spiro atoms. The Morgan fingerprint density at radius 3 is 2.61 bits per heavy atom. The van der Waals surface area contributed by atoms with Crippen molar-refractivity contribution >= 4 is 42.1 Å². The van der Waals surface area contributed by atoms with Crippen LogP contribution in [0.2, 0.25) is 0 Å². The van der Waals surface area contributed by atoms with Gasteiger partial charge in [-0.05, 0) is 61.2 Å². The number of hydrogen-bond donors (Lipinski definition) is 1. The Morgan fingerprint density at radius 2 is 1.95 bits per heavy atom.